The van der Waals surface area contributed by atoms with Crippen LogP contribution < -0.4 is 11.1 Å². The van der Waals surface area contributed by atoms with Crippen LogP contribution in [0.5, 0.6) is 0 Å². The lowest BCUT2D eigenvalue weighted by Crippen LogP contribution is -2.48. The van der Waals surface area contributed by atoms with Crippen molar-refractivity contribution in [3.05, 3.63) is 22.4 Å². The van der Waals surface area contributed by atoms with Crippen LogP contribution in [-0.2, 0) is 4.79 Å². The van der Waals surface area contributed by atoms with Gasteiger partial charge in [0.15, 0.2) is 5.84 Å². The monoisotopic (exact) mass is 281 g/mol. The minimum Gasteiger partial charge on any atom is -0.409 e. The summed E-state index contributed by atoms with van der Waals surface area (Å²) in [6, 6.07) is 1.92. The van der Waals surface area contributed by atoms with Crippen LogP contribution in [-0.4, -0.2) is 17.0 Å². The molecular weight excluding hydrogens is 262 g/mol. The number of hydrogen-bond donors (Lipinski definition) is 3. The fourth-order valence-corrected chi connectivity index (χ4v) is 3.37. The highest BCUT2D eigenvalue weighted by Crippen LogP contribution is 2.39. The van der Waals surface area contributed by atoms with Crippen LogP contribution in [0, 0.1) is 5.41 Å². The average molecular weight is 281 g/mol. The third-order valence-electron chi connectivity index (χ3n) is 3.88. The molecule has 5 nitrogen and oxygen atoms in total. The van der Waals surface area contributed by atoms with Crippen molar-refractivity contribution in [2.45, 2.75) is 38.6 Å². The molecule has 0 radical (unpaired) electrons. The molecule has 1 fully saturated rings. The number of amides is 1. The first-order valence-electron chi connectivity index (χ1n) is 6.41. The molecule has 104 valence electrons. The normalized spacial score (nSPS) is 20.2. The SMILES string of the molecule is CC(NC(=O)C1(C(N)=NO)CCCC1)c1ccsc1. The Morgan fingerprint density at radius 2 is 2.26 bits per heavy atom. The summed E-state index contributed by atoms with van der Waals surface area (Å²) in [5, 5.41) is 18.9. The molecule has 2 rings (SSSR count). The maximum Gasteiger partial charge on any atom is 0.234 e. The Bertz CT molecular complexity index is 464. The predicted molar refractivity (Wildman–Crippen MR) is 75.2 cm³/mol. The number of rotatable bonds is 4. The Balaban J connectivity index is 2.13. The number of carbonyl (C=O) groups is 1. The minimum atomic E-state index is -0.834. The fraction of sp³-hybridized carbons (Fsp3) is 0.538. The first-order chi connectivity index (χ1) is 9.10. The van der Waals surface area contributed by atoms with Crippen LogP contribution in [0.4, 0.5) is 0 Å². The molecule has 0 aromatic carbocycles. The van der Waals surface area contributed by atoms with Crippen LogP contribution >= 0.6 is 11.3 Å². The van der Waals surface area contributed by atoms with Crippen LogP contribution in [0.3, 0.4) is 0 Å². The zero-order valence-corrected chi connectivity index (χ0v) is 11.7. The summed E-state index contributed by atoms with van der Waals surface area (Å²) in [4.78, 5) is 12.5. The first kappa shape index (κ1) is 13.9. The van der Waals surface area contributed by atoms with Crippen molar-refractivity contribution in [1.29, 1.82) is 0 Å². The van der Waals surface area contributed by atoms with Crippen molar-refractivity contribution in [3.63, 3.8) is 0 Å². The summed E-state index contributed by atoms with van der Waals surface area (Å²) < 4.78 is 0. The third kappa shape index (κ3) is 2.58. The maximum absolute atomic E-state index is 12.5. The molecule has 4 N–H and O–H groups in total. The van der Waals surface area contributed by atoms with Gasteiger partial charge in [-0.3, -0.25) is 4.79 Å². The lowest BCUT2D eigenvalue weighted by atomic mass is 9.83. The van der Waals surface area contributed by atoms with Gasteiger partial charge in [0.25, 0.3) is 0 Å². The molecule has 1 heterocycles. The number of nitrogens with zero attached hydrogens (tertiary/aromatic N) is 1. The molecular formula is C13H19N3O2S. The molecule has 1 amide bonds. The highest BCUT2D eigenvalue weighted by Gasteiger charge is 2.45. The number of nitrogens with one attached hydrogen (secondary N) is 1. The topological polar surface area (TPSA) is 87.7 Å². The number of carbonyl (C=O) groups excluding carboxylic acids is 1. The highest BCUT2D eigenvalue weighted by molar-refractivity contribution is 7.07. The minimum absolute atomic E-state index is 0.0278. The molecule has 1 aromatic rings. The van der Waals surface area contributed by atoms with Gasteiger partial charge in [-0.25, -0.2) is 0 Å². The van der Waals surface area contributed by atoms with Crippen molar-refractivity contribution in [1.82, 2.24) is 5.32 Å². The molecule has 6 heteroatoms. The van der Waals surface area contributed by atoms with E-state index in [0.717, 1.165) is 18.4 Å². The van der Waals surface area contributed by atoms with Gasteiger partial charge in [-0.05, 0) is 42.2 Å². The standard InChI is InChI=1S/C13H19N3O2S/c1-9(10-4-7-19-8-10)15-12(17)13(11(14)16-18)5-2-3-6-13/h4,7-9,18H,2-3,5-6H2,1H3,(H2,14,16)(H,15,17). The maximum atomic E-state index is 12.5. The van der Waals surface area contributed by atoms with Gasteiger partial charge in [-0.2, -0.15) is 11.3 Å². The zero-order chi connectivity index (χ0) is 13.9. The van der Waals surface area contributed by atoms with Gasteiger partial charge in [0.2, 0.25) is 5.91 Å². The van der Waals surface area contributed by atoms with Crippen molar-refractivity contribution in [3.8, 4) is 0 Å². The van der Waals surface area contributed by atoms with E-state index in [2.05, 4.69) is 10.5 Å². The van der Waals surface area contributed by atoms with E-state index in [1.807, 2.05) is 23.8 Å². The van der Waals surface area contributed by atoms with E-state index in [0.29, 0.717) is 12.8 Å². The van der Waals surface area contributed by atoms with Crippen LogP contribution in [0.15, 0.2) is 22.0 Å². The number of nitrogens with two attached hydrogens (primary N) is 1. The average Bonchev–Trinajstić information content (AvgIpc) is 3.09. The van der Waals surface area contributed by atoms with Gasteiger partial charge in [0, 0.05) is 0 Å². The van der Waals surface area contributed by atoms with Crippen LogP contribution in [0.25, 0.3) is 0 Å². The second-order valence-electron chi connectivity index (χ2n) is 5.03. The fourth-order valence-electron chi connectivity index (χ4n) is 2.61. The molecule has 19 heavy (non-hydrogen) atoms. The van der Waals surface area contributed by atoms with E-state index in [-0.39, 0.29) is 17.8 Å². The zero-order valence-electron chi connectivity index (χ0n) is 10.9. The lowest BCUT2D eigenvalue weighted by Gasteiger charge is -2.27. The summed E-state index contributed by atoms with van der Waals surface area (Å²) in [5.41, 5.74) is 5.99. The molecule has 0 bridgehead atoms. The number of amidine groups is 1. The van der Waals surface area contributed by atoms with Gasteiger partial charge < -0.3 is 16.3 Å². The third-order valence-corrected chi connectivity index (χ3v) is 4.58. The smallest absolute Gasteiger partial charge is 0.234 e. The van der Waals surface area contributed by atoms with Crippen LogP contribution in [0.2, 0.25) is 0 Å². The van der Waals surface area contributed by atoms with E-state index in [1.54, 1.807) is 11.3 Å². The van der Waals surface area contributed by atoms with Crippen molar-refractivity contribution < 1.29 is 10.0 Å². The Labute approximate surface area is 116 Å². The molecule has 1 saturated carbocycles. The second-order valence-corrected chi connectivity index (χ2v) is 5.81. The molecule has 0 aliphatic heterocycles. The van der Waals surface area contributed by atoms with E-state index < -0.39 is 5.41 Å². The van der Waals surface area contributed by atoms with Crippen molar-refractivity contribution in [2.24, 2.45) is 16.3 Å². The van der Waals surface area contributed by atoms with Gasteiger partial charge in [-0.1, -0.05) is 18.0 Å². The van der Waals surface area contributed by atoms with Gasteiger partial charge in [0.05, 0.1) is 6.04 Å². The van der Waals surface area contributed by atoms with Gasteiger partial charge in [-0.15, -0.1) is 0 Å². The van der Waals surface area contributed by atoms with Crippen molar-refractivity contribution >= 4 is 23.1 Å². The Morgan fingerprint density at radius 3 is 2.79 bits per heavy atom. The molecule has 1 atom stereocenters. The van der Waals surface area contributed by atoms with Crippen LogP contribution in [0.1, 0.15) is 44.2 Å². The summed E-state index contributed by atoms with van der Waals surface area (Å²) in [5.74, 6) is -0.112. The van der Waals surface area contributed by atoms with E-state index in [1.165, 1.54) is 0 Å². The largest absolute Gasteiger partial charge is 0.409 e. The Kier molecular flexibility index (Phi) is 4.09. The summed E-state index contributed by atoms with van der Waals surface area (Å²) in [6.45, 7) is 1.94. The number of hydrogen-bond acceptors (Lipinski definition) is 4. The van der Waals surface area contributed by atoms with Gasteiger partial charge in [0.1, 0.15) is 5.41 Å². The number of thiophene rings is 1. The molecule has 1 aliphatic carbocycles. The summed E-state index contributed by atoms with van der Waals surface area (Å²) >= 11 is 1.60. The summed E-state index contributed by atoms with van der Waals surface area (Å²) in [6.07, 6.45) is 3.14. The van der Waals surface area contributed by atoms with Crippen molar-refractivity contribution in [2.75, 3.05) is 0 Å². The second kappa shape index (κ2) is 5.61. The first-order valence-corrected chi connectivity index (χ1v) is 7.35. The molecule has 1 unspecified atom stereocenters. The molecule has 1 aliphatic rings. The highest BCUT2D eigenvalue weighted by atomic mass is 32.1. The number of oxime groups is 1. The molecule has 1 aromatic heterocycles. The van der Waals surface area contributed by atoms with E-state index >= 15 is 0 Å². The summed E-state index contributed by atoms with van der Waals surface area (Å²) in [7, 11) is 0. The Hall–Kier alpha value is -1.56. The van der Waals surface area contributed by atoms with E-state index in [4.69, 9.17) is 10.9 Å². The predicted octanol–water partition coefficient (Wildman–Crippen LogP) is 2.23. The Morgan fingerprint density at radius 1 is 1.58 bits per heavy atom. The quantitative estimate of drug-likeness (QED) is 0.342. The van der Waals surface area contributed by atoms with Gasteiger partial charge >= 0.3 is 0 Å². The molecule has 0 spiro atoms. The van der Waals surface area contributed by atoms with E-state index in [9.17, 15) is 4.79 Å². The molecule has 0 saturated heterocycles. The lowest BCUT2D eigenvalue weighted by molar-refractivity contribution is -0.128.